The van der Waals surface area contributed by atoms with Crippen LogP contribution >= 0.6 is 23.4 Å². The van der Waals surface area contributed by atoms with Gasteiger partial charge in [0, 0.05) is 76.3 Å². The van der Waals surface area contributed by atoms with Crippen LogP contribution < -0.4 is 4.90 Å². The van der Waals surface area contributed by atoms with Gasteiger partial charge in [-0.15, -0.1) is 0 Å². The van der Waals surface area contributed by atoms with Gasteiger partial charge in [-0.25, -0.2) is 9.97 Å². The molecule has 0 spiro atoms. The lowest BCUT2D eigenvalue weighted by molar-refractivity contribution is 0.0643. The van der Waals surface area contributed by atoms with Gasteiger partial charge < -0.3 is 14.7 Å². The molecule has 2 aliphatic rings. The molecule has 5 rings (SSSR count). The lowest BCUT2D eigenvalue weighted by Gasteiger charge is -2.35. The van der Waals surface area contributed by atoms with Gasteiger partial charge in [-0.3, -0.25) is 9.69 Å². The average molecular weight is 577 g/mol. The number of hydrogen-bond donors (Lipinski definition) is 0. The highest BCUT2D eigenvalue weighted by Gasteiger charge is 2.22. The van der Waals surface area contributed by atoms with E-state index < -0.39 is 0 Å². The first-order chi connectivity index (χ1) is 19.6. The number of rotatable bonds is 9. The predicted octanol–water partition coefficient (Wildman–Crippen LogP) is 5.04. The number of nitrogens with zero attached hydrogens (tertiary/aromatic N) is 6. The number of amides is 1. The first kappa shape index (κ1) is 28.6. The van der Waals surface area contributed by atoms with Gasteiger partial charge in [0.25, 0.3) is 5.91 Å². The average Bonchev–Trinajstić information content (AvgIpc) is 3.00. The first-order valence-corrected chi connectivity index (χ1v) is 15.4. The number of likely N-dealkylation sites (N-methyl/N-ethyl adjacent to an activating group) is 1. The summed E-state index contributed by atoms with van der Waals surface area (Å²) in [5.74, 6) is 1.65. The summed E-state index contributed by atoms with van der Waals surface area (Å²) < 4.78 is 0. The Labute approximate surface area is 246 Å². The summed E-state index contributed by atoms with van der Waals surface area (Å²) in [7, 11) is 0. The standard InChI is InChI=1S/C31H37ClN6OS/c1-2-35-14-20-38(21-15-35)30(39)27-12-6-10-26(22-27)24-40-31-33-28(32)23-29(34-31)37-18-16-36(17-19-37)13-7-11-25-8-4-3-5-9-25/h3-12,22-23H,2,13-21,24H2,1H3. The van der Waals surface area contributed by atoms with Crippen LogP contribution in [0, 0.1) is 0 Å². The molecule has 2 aromatic carbocycles. The van der Waals surface area contributed by atoms with Crippen LogP contribution in [0.5, 0.6) is 0 Å². The van der Waals surface area contributed by atoms with Crippen LogP contribution in [0.1, 0.15) is 28.4 Å². The summed E-state index contributed by atoms with van der Waals surface area (Å²) in [6.07, 6.45) is 4.41. The third-order valence-corrected chi connectivity index (χ3v) is 8.59. The molecule has 0 atom stereocenters. The Kier molecular flexibility index (Phi) is 10.1. The Balaban J connectivity index is 1.13. The van der Waals surface area contributed by atoms with Crippen molar-refractivity contribution < 1.29 is 4.79 Å². The second kappa shape index (κ2) is 14.1. The van der Waals surface area contributed by atoms with Gasteiger partial charge in [-0.2, -0.15) is 0 Å². The van der Waals surface area contributed by atoms with E-state index in [0.717, 1.165) is 82.4 Å². The fourth-order valence-corrected chi connectivity index (χ4v) is 6.09. The number of thioether (sulfide) groups is 1. The fraction of sp³-hybridized carbons (Fsp3) is 0.387. The molecule has 0 aliphatic carbocycles. The van der Waals surface area contributed by atoms with Crippen molar-refractivity contribution in [3.8, 4) is 0 Å². The normalized spacial score (nSPS) is 17.1. The molecule has 3 heterocycles. The van der Waals surface area contributed by atoms with E-state index in [1.165, 1.54) is 5.56 Å². The first-order valence-electron chi connectivity index (χ1n) is 14.0. The van der Waals surface area contributed by atoms with Crippen molar-refractivity contribution in [3.63, 3.8) is 0 Å². The number of carbonyl (C=O) groups is 1. The smallest absolute Gasteiger partial charge is 0.253 e. The van der Waals surface area contributed by atoms with Crippen LogP contribution in [0.3, 0.4) is 0 Å². The SMILES string of the molecule is CCN1CCN(C(=O)c2cccc(CSc3nc(Cl)cc(N4CCN(CC=Cc5ccccc5)CC4)n3)c2)CC1. The zero-order chi connectivity index (χ0) is 27.7. The fourth-order valence-electron chi connectivity index (χ4n) is 5.07. The third-order valence-electron chi connectivity index (χ3n) is 7.48. The summed E-state index contributed by atoms with van der Waals surface area (Å²) in [6, 6.07) is 20.2. The summed E-state index contributed by atoms with van der Waals surface area (Å²) >= 11 is 7.97. The Morgan fingerprint density at radius 2 is 1.65 bits per heavy atom. The number of carbonyl (C=O) groups excluding carboxylic acids is 1. The topological polar surface area (TPSA) is 55.8 Å². The van der Waals surface area contributed by atoms with Crippen molar-refractivity contribution in [1.29, 1.82) is 0 Å². The Bertz CT molecular complexity index is 1290. The number of anilines is 1. The lowest BCUT2D eigenvalue weighted by atomic mass is 10.1. The molecule has 0 saturated carbocycles. The molecular weight excluding hydrogens is 540 g/mol. The van der Waals surface area contributed by atoms with Gasteiger partial charge in [0.1, 0.15) is 11.0 Å². The summed E-state index contributed by atoms with van der Waals surface area (Å²) in [5.41, 5.74) is 3.04. The highest BCUT2D eigenvalue weighted by molar-refractivity contribution is 7.98. The number of halogens is 1. The van der Waals surface area contributed by atoms with E-state index in [4.69, 9.17) is 16.6 Å². The van der Waals surface area contributed by atoms with E-state index in [1.807, 2.05) is 35.2 Å². The molecule has 7 nitrogen and oxygen atoms in total. The van der Waals surface area contributed by atoms with Crippen molar-refractivity contribution in [2.75, 3.05) is 70.3 Å². The number of aromatic nitrogens is 2. The van der Waals surface area contributed by atoms with Crippen molar-refractivity contribution in [2.45, 2.75) is 17.8 Å². The molecule has 40 heavy (non-hydrogen) atoms. The van der Waals surface area contributed by atoms with E-state index >= 15 is 0 Å². The van der Waals surface area contributed by atoms with Gasteiger partial charge in [0.2, 0.25) is 0 Å². The van der Waals surface area contributed by atoms with E-state index in [9.17, 15) is 4.79 Å². The Morgan fingerprint density at radius 3 is 2.40 bits per heavy atom. The van der Waals surface area contributed by atoms with Crippen molar-refractivity contribution in [2.24, 2.45) is 0 Å². The minimum absolute atomic E-state index is 0.110. The molecule has 3 aromatic rings. The van der Waals surface area contributed by atoms with Crippen LogP contribution in [0.15, 0.2) is 71.9 Å². The van der Waals surface area contributed by atoms with E-state index in [2.05, 4.69) is 69.1 Å². The van der Waals surface area contributed by atoms with Gasteiger partial charge in [-0.05, 0) is 29.8 Å². The molecule has 1 amide bonds. The molecule has 2 saturated heterocycles. The highest BCUT2D eigenvalue weighted by atomic mass is 35.5. The van der Waals surface area contributed by atoms with Gasteiger partial charge >= 0.3 is 0 Å². The van der Waals surface area contributed by atoms with Crippen molar-refractivity contribution >= 4 is 41.2 Å². The molecule has 210 valence electrons. The molecule has 0 N–H and O–H groups in total. The largest absolute Gasteiger partial charge is 0.354 e. The van der Waals surface area contributed by atoms with Crippen LogP contribution in [0.4, 0.5) is 5.82 Å². The Hall–Kier alpha value is -2.91. The van der Waals surface area contributed by atoms with Crippen molar-refractivity contribution in [1.82, 2.24) is 24.7 Å². The van der Waals surface area contributed by atoms with Crippen LogP contribution in [0.2, 0.25) is 5.15 Å². The molecule has 1 aromatic heterocycles. The number of benzene rings is 2. The summed E-state index contributed by atoms with van der Waals surface area (Å²) in [6.45, 7) is 11.3. The zero-order valence-electron chi connectivity index (χ0n) is 23.1. The predicted molar refractivity (Wildman–Crippen MR) is 165 cm³/mol. The maximum absolute atomic E-state index is 13.1. The van der Waals surface area contributed by atoms with Gasteiger partial charge in [0.15, 0.2) is 5.16 Å². The number of piperazine rings is 2. The van der Waals surface area contributed by atoms with Gasteiger partial charge in [0.05, 0.1) is 0 Å². The maximum atomic E-state index is 13.1. The lowest BCUT2D eigenvalue weighted by Crippen LogP contribution is -2.48. The Morgan fingerprint density at radius 1 is 0.900 bits per heavy atom. The summed E-state index contributed by atoms with van der Waals surface area (Å²) in [4.78, 5) is 31.4. The quantitative estimate of drug-likeness (QED) is 0.201. The number of hydrogen-bond acceptors (Lipinski definition) is 7. The maximum Gasteiger partial charge on any atom is 0.253 e. The molecule has 9 heteroatoms. The van der Waals surface area contributed by atoms with E-state index in [1.54, 1.807) is 11.8 Å². The second-order valence-corrected chi connectivity index (χ2v) is 11.5. The van der Waals surface area contributed by atoms with Crippen LogP contribution in [-0.2, 0) is 5.75 Å². The van der Waals surface area contributed by atoms with E-state index in [-0.39, 0.29) is 5.91 Å². The van der Waals surface area contributed by atoms with Crippen LogP contribution in [-0.4, -0.2) is 96.0 Å². The minimum Gasteiger partial charge on any atom is -0.354 e. The molecule has 2 aliphatic heterocycles. The van der Waals surface area contributed by atoms with Crippen LogP contribution in [0.25, 0.3) is 6.08 Å². The molecular formula is C31H37ClN6OS. The minimum atomic E-state index is 0.110. The van der Waals surface area contributed by atoms with E-state index in [0.29, 0.717) is 16.1 Å². The van der Waals surface area contributed by atoms with Gasteiger partial charge in [-0.1, -0.05) is 84.9 Å². The molecule has 2 fully saturated rings. The van der Waals surface area contributed by atoms with Crippen molar-refractivity contribution in [3.05, 3.63) is 88.6 Å². The molecule has 0 radical (unpaired) electrons. The zero-order valence-corrected chi connectivity index (χ0v) is 24.7. The highest BCUT2D eigenvalue weighted by Crippen LogP contribution is 2.26. The monoisotopic (exact) mass is 576 g/mol. The molecule has 0 bridgehead atoms. The third kappa shape index (κ3) is 7.85. The second-order valence-electron chi connectivity index (χ2n) is 10.1. The summed E-state index contributed by atoms with van der Waals surface area (Å²) in [5, 5.41) is 1.11. The molecule has 0 unspecified atom stereocenters.